The van der Waals surface area contributed by atoms with E-state index in [-0.39, 0.29) is 6.10 Å². The molecule has 74 valence electrons. The van der Waals surface area contributed by atoms with Crippen LogP contribution in [0.5, 0.6) is 0 Å². The van der Waals surface area contributed by atoms with Crippen molar-refractivity contribution in [1.29, 1.82) is 0 Å². The molecule has 1 atom stereocenters. The minimum atomic E-state index is 0.222. The summed E-state index contributed by atoms with van der Waals surface area (Å²) in [6.07, 6.45) is 0.222. The third-order valence-electron chi connectivity index (χ3n) is 1.37. The molecule has 0 aromatic heterocycles. The maximum absolute atomic E-state index is 5.55. The molecular formula is C9H21NOS. The minimum Gasteiger partial charge on any atom is -0.376 e. The van der Waals surface area contributed by atoms with Crippen molar-refractivity contribution in [2.24, 2.45) is 5.73 Å². The molecule has 1 unspecified atom stereocenters. The Labute approximate surface area is 80.2 Å². The van der Waals surface area contributed by atoms with Crippen molar-refractivity contribution in [2.75, 3.05) is 18.9 Å². The Morgan fingerprint density at radius 1 is 1.42 bits per heavy atom. The highest BCUT2D eigenvalue weighted by Crippen LogP contribution is 2.24. The normalized spacial score (nSPS) is 14.8. The quantitative estimate of drug-likeness (QED) is 0.720. The van der Waals surface area contributed by atoms with Gasteiger partial charge in [0.15, 0.2) is 0 Å². The zero-order valence-corrected chi connectivity index (χ0v) is 9.41. The molecule has 2 N–H and O–H groups in total. The van der Waals surface area contributed by atoms with E-state index in [2.05, 4.69) is 20.8 Å². The maximum atomic E-state index is 5.55. The van der Waals surface area contributed by atoms with Crippen LogP contribution in [0.3, 0.4) is 0 Å². The summed E-state index contributed by atoms with van der Waals surface area (Å²) >= 11 is 1.90. The molecule has 0 aliphatic carbocycles. The highest BCUT2D eigenvalue weighted by atomic mass is 32.2. The molecule has 12 heavy (non-hydrogen) atoms. The predicted molar refractivity (Wildman–Crippen MR) is 56.7 cm³/mol. The molecule has 0 radical (unpaired) electrons. The van der Waals surface area contributed by atoms with Crippen molar-refractivity contribution in [2.45, 2.75) is 38.5 Å². The highest BCUT2D eigenvalue weighted by molar-refractivity contribution is 8.00. The van der Waals surface area contributed by atoms with Crippen LogP contribution in [0, 0.1) is 0 Å². The smallest absolute Gasteiger partial charge is 0.0787 e. The second-order valence-electron chi connectivity index (χ2n) is 3.74. The highest BCUT2D eigenvalue weighted by Gasteiger charge is 2.14. The van der Waals surface area contributed by atoms with Gasteiger partial charge in [-0.3, -0.25) is 0 Å². The van der Waals surface area contributed by atoms with Crippen molar-refractivity contribution in [1.82, 2.24) is 0 Å². The predicted octanol–water partition coefficient (Wildman–Crippen LogP) is 1.88. The summed E-state index contributed by atoms with van der Waals surface area (Å²) in [5.41, 5.74) is 5.55. The zero-order valence-electron chi connectivity index (χ0n) is 8.59. The van der Waals surface area contributed by atoms with E-state index < -0.39 is 0 Å². The largest absolute Gasteiger partial charge is 0.376 e. The van der Waals surface area contributed by atoms with Gasteiger partial charge >= 0.3 is 0 Å². The van der Waals surface area contributed by atoms with Crippen molar-refractivity contribution in [3.05, 3.63) is 0 Å². The Morgan fingerprint density at radius 2 is 2.00 bits per heavy atom. The number of hydrogen-bond acceptors (Lipinski definition) is 3. The average molecular weight is 191 g/mol. The van der Waals surface area contributed by atoms with Crippen molar-refractivity contribution in [3.8, 4) is 0 Å². The SMILES string of the molecule is CCOC(CN)CSC(C)(C)C. The molecule has 0 aliphatic rings. The molecule has 3 heteroatoms. The molecule has 0 saturated carbocycles. The first kappa shape index (κ1) is 12.3. The van der Waals surface area contributed by atoms with E-state index in [1.54, 1.807) is 0 Å². The fourth-order valence-electron chi connectivity index (χ4n) is 0.763. The van der Waals surface area contributed by atoms with Gasteiger partial charge in [-0.25, -0.2) is 0 Å². The summed E-state index contributed by atoms with van der Waals surface area (Å²) in [5.74, 6) is 0.994. The van der Waals surface area contributed by atoms with Gasteiger partial charge in [0.2, 0.25) is 0 Å². The Bertz CT molecular complexity index is 112. The van der Waals surface area contributed by atoms with E-state index in [0.29, 0.717) is 11.3 Å². The van der Waals surface area contributed by atoms with Crippen LogP contribution in [-0.4, -0.2) is 29.8 Å². The lowest BCUT2D eigenvalue weighted by Crippen LogP contribution is -2.28. The van der Waals surface area contributed by atoms with Gasteiger partial charge in [-0.15, -0.1) is 0 Å². The fraction of sp³-hybridized carbons (Fsp3) is 1.00. The van der Waals surface area contributed by atoms with Crippen LogP contribution in [-0.2, 0) is 4.74 Å². The molecular weight excluding hydrogens is 170 g/mol. The van der Waals surface area contributed by atoms with Crippen LogP contribution in [0.1, 0.15) is 27.7 Å². The summed E-state index contributed by atoms with van der Waals surface area (Å²) in [5, 5.41) is 0. The van der Waals surface area contributed by atoms with E-state index in [9.17, 15) is 0 Å². The second-order valence-corrected chi connectivity index (χ2v) is 5.58. The lowest BCUT2D eigenvalue weighted by Gasteiger charge is -2.21. The van der Waals surface area contributed by atoms with Crippen LogP contribution >= 0.6 is 11.8 Å². The topological polar surface area (TPSA) is 35.2 Å². The van der Waals surface area contributed by atoms with Crippen molar-refractivity contribution in [3.63, 3.8) is 0 Å². The molecule has 0 rings (SSSR count). The molecule has 0 amide bonds. The van der Waals surface area contributed by atoms with Gasteiger partial charge in [0, 0.05) is 23.7 Å². The van der Waals surface area contributed by atoms with Gasteiger partial charge in [0.05, 0.1) is 6.10 Å². The van der Waals surface area contributed by atoms with Gasteiger partial charge in [-0.1, -0.05) is 20.8 Å². The number of rotatable bonds is 5. The average Bonchev–Trinajstić information content (AvgIpc) is 1.96. The Hall–Kier alpha value is 0.270. The summed E-state index contributed by atoms with van der Waals surface area (Å²) in [6, 6.07) is 0. The van der Waals surface area contributed by atoms with E-state index in [1.165, 1.54) is 0 Å². The fourth-order valence-corrected chi connectivity index (χ4v) is 1.68. The molecule has 0 aliphatic heterocycles. The van der Waals surface area contributed by atoms with Gasteiger partial charge in [0.25, 0.3) is 0 Å². The van der Waals surface area contributed by atoms with Crippen molar-refractivity contribution < 1.29 is 4.74 Å². The number of nitrogens with two attached hydrogens (primary N) is 1. The molecule has 0 saturated heterocycles. The van der Waals surface area contributed by atoms with E-state index in [4.69, 9.17) is 10.5 Å². The van der Waals surface area contributed by atoms with Gasteiger partial charge in [0.1, 0.15) is 0 Å². The summed E-state index contributed by atoms with van der Waals surface area (Å²) in [7, 11) is 0. The summed E-state index contributed by atoms with van der Waals surface area (Å²) in [6.45, 7) is 10.00. The van der Waals surface area contributed by atoms with E-state index in [1.807, 2.05) is 18.7 Å². The zero-order chi connectivity index (χ0) is 9.61. The maximum Gasteiger partial charge on any atom is 0.0787 e. The van der Waals surface area contributed by atoms with Gasteiger partial charge in [-0.05, 0) is 6.92 Å². The molecule has 2 nitrogen and oxygen atoms in total. The molecule has 0 bridgehead atoms. The lowest BCUT2D eigenvalue weighted by atomic mass is 10.3. The van der Waals surface area contributed by atoms with E-state index in [0.717, 1.165) is 12.4 Å². The van der Waals surface area contributed by atoms with Crippen LogP contribution in [0.15, 0.2) is 0 Å². The van der Waals surface area contributed by atoms with Crippen LogP contribution in [0.2, 0.25) is 0 Å². The molecule has 0 heterocycles. The van der Waals surface area contributed by atoms with Gasteiger partial charge in [-0.2, -0.15) is 11.8 Å². The number of hydrogen-bond donors (Lipinski definition) is 1. The van der Waals surface area contributed by atoms with Gasteiger partial charge < -0.3 is 10.5 Å². The van der Waals surface area contributed by atoms with Crippen LogP contribution in [0.4, 0.5) is 0 Å². The Morgan fingerprint density at radius 3 is 2.33 bits per heavy atom. The molecule has 0 aromatic rings. The number of thioether (sulfide) groups is 1. The standard InChI is InChI=1S/C9H21NOS/c1-5-11-8(6-10)7-12-9(2,3)4/h8H,5-7,10H2,1-4H3. The van der Waals surface area contributed by atoms with Crippen LogP contribution < -0.4 is 5.73 Å². The molecule has 0 fully saturated rings. The first-order chi connectivity index (χ1) is 5.49. The van der Waals surface area contributed by atoms with E-state index >= 15 is 0 Å². The lowest BCUT2D eigenvalue weighted by molar-refractivity contribution is 0.0857. The molecule has 0 aromatic carbocycles. The second kappa shape index (κ2) is 5.84. The molecule has 0 spiro atoms. The summed E-state index contributed by atoms with van der Waals surface area (Å²) < 4.78 is 5.75. The minimum absolute atomic E-state index is 0.222. The first-order valence-electron chi connectivity index (χ1n) is 4.45. The third kappa shape index (κ3) is 6.95. The van der Waals surface area contributed by atoms with Crippen molar-refractivity contribution >= 4 is 11.8 Å². The summed E-state index contributed by atoms with van der Waals surface area (Å²) in [4.78, 5) is 0. The monoisotopic (exact) mass is 191 g/mol. The van der Waals surface area contributed by atoms with Crippen LogP contribution in [0.25, 0.3) is 0 Å². The number of ether oxygens (including phenoxy) is 1. The first-order valence-corrected chi connectivity index (χ1v) is 5.43. The third-order valence-corrected chi connectivity index (χ3v) is 2.77. The Balaban J connectivity index is 3.58. The Kier molecular flexibility index (Phi) is 5.97.